The van der Waals surface area contributed by atoms with Gasteiger partial charge >= 0.3 is 6.03 Å². The van der Waals surface area contributed by atoms with Crippen molar-refractivity contribution in [1.29, 1.82) is 0 Å². The molecule has 210 valence electrons. The quantitative estimate of drug-likeness (QED) is 0.533. The van der Waals surface area contributed by atoms with E-state index < -0.39 is 6.10 Å². The second-order valence-electron chi connectivity index (χ2n) is 11.1. The Morgan fingerprint density at radius 2 is 1.73 bits per heavy atom. The summed E-state index contributed by atoms with van der Waals surface area (Å²) in [6.07, 6.45) is 3.93. The van der Waals surface area contributed by atoms with E-state index in [4.69, 9.17) is 9.97 Å². The molecular weight excluding hydrogens is 508 g/mol. The average molecular weight is 545 g/mol. The van der Waals surface area contributed by atoms with Crippen molar-refractivity contribution in [2.45, 2.75) is 38.5 Å². The smallest absolute Gasteiger partial charge is 0.324 e. The number of rotatable bonds is 4. The van der Waals surface area contributed by atoms with Crippen LogP contribution in [0.1, 0.15) is 25.3 Å². The van der Waals surface area contributed by atoms with Gasteiger partial charge in [0, 0.05) is 75.9 Å². The Balaban J connectivity index is 1.32. The molecule has 0 aromatic carbocycles. The van der Waals surface area contributed by atoms with Crippen LogP contribution in [0.4, 0.5) is 16.3 Å². The summed E-state index contributed by atoms with van der Waals surface area (Å²) in [5.74, 6) is 0.700. The van der Waals surface area contributed by atoms with Crippen molar-refractivity contribution < 1.29 is 14.7 Å². The Morgan fingerprint density at radius 3 is 2.40 bits per heavy atom. The van der Waals surface area contributed by atoms with Crippen LogP contribution < -0.4 is 9.80 Å². The number of aliphatic hydroxyl groups is 1. The number of nitrogens with zero attached hydrogens (tertiary/aromatic N) is 8. The van der Waals surface area contributed by atoms with Gasteiger partial charge in [-0.25, -0.2) is 14.8 Å². The van der Waals surface area contributed by atoms with Crippen LogP contribution in [0.15, 0.2) is 36.7 Å². The van der Waals surface area contributed by atoms with Crippen LogP contribution in [0.5, 0.6) is 0 Å². The number of fused-ring (bicyclic) bond motifs is 3. The van der Waals surface area contributed by atoms with Gasteiger partial charge in [-0.15, -0.1) is 0 Å². The van der Waals surface area contributed by atoms with Crippen LogP contribution in [0.3, 0.4) is 0 Å². The first kappa shape index (κ1) is 26.4. The van der Waals surface area contributed by atoms with E-state index in [1.165, 1.54) is 6.92 Å². The molecule has 3 aromatic rings. The minimum absolute atomic E-state index is 0.0781. The highest BCUT2D eigenvalue weighted by Crippen LogP contribution is 2.38. The number of carbonyl (C=O) groups is 2. The number of piperazine rings is 1. The minimum atomic E-state index is -1.03. The topological polar surface area (TPSA) is 109 Å². The van der Waals surface area contributed by atoms with Crippen molar-refractivity contribution >= 4 is 34.5 Å². The second-order valence-corrected chi connectivity index (χ2v) is 11.1. The van der Waals surface area contributed by atoms with E-state index in [2.05, 4.69) is 34.0 Å². The summed E-state index contributed by atoms with van der Waals surface area (Å²) in [6, 6.07) is 7.85. The number of amides is 3. The summed E-state index contributed by atoms with van der Waals surface area (Å²) in [5.41, 5.74) is 4.87. The van der Waals surface area contributed by atoms with Crippen molar-refractivity contribution in [2.75, 3.05) is 63.2 Å². The van der Waals surface area contributed by atoms with Gasteiger partial charge in [0.25, 0.3) is 5.91 Å². The largest absolute Gasteiger partial charge is 0.384 e. The Hall–Kier alpha value is -3.83. The van der Waals surface area contributed by atoms with Gasteiger partial charge in [-0.3, -0.25) is 14.7 Å². The number of hydrogen-bond donors (Lipinski definition) is 1. The first-order valence-corrected chi connectivity index (χ1v) is 14.0. The van der Waals surface area contributed by atoms with Gasteiger partial charge < -0.3 is 24.7 Å². The fourth-order valence-electron chi connectivity index (χ4n) is 5.95. The molecule has 3 amide bonds. The van der Waals surface area contributed by atoms with Crippen LogP contribution >= 0.6 is 0 Å². The van der Waals surface area contributed by atoms with Gasteiger partial charge in [-0.1, -0.05) is 0 Å². The molecule has 1 N–H and O–H groups in total. The van der Waals surface area contributed by atoms with E-state index in [-0.39, 0.29) is 18.0 Å². The molecule has 3 aromatic heterocycles. The molecule has 0 spiro atoms. The SMILES string of the molecule is C[C@H](O)C(=O)N1CCC(N2C(=O)N(C)Cc3cnc4ccc(-c5ccc(N6CCN(C)CC6)nc5)nc4c32)CC1. The van der Waals surface area contributed by atoms with Gasteiger partial charge in [0.2, 0.25) is 0 Å². The van der Waals surface area contributed by atoms with Crippen LogP contribution in [0.2, 0.25) is 0 Å². The zero-order valence-corrected chi connectivity index (χ0v) is 23.3. The molecule has 0 unspecified atom stereocenters. The molecule has 6 rings (SSSR count). The standard InChI is InChI=1S/C29H36N8O3/c1-19(38)28(39)36-10-8-22(9-11-36)37-27-21(18-34(3)29(37)40)17-30-24-6-5-23(32-26(24)27)20-4-7-25(31-16-20)35-14-12-33(2)13-15-35/h4-7,16-17,19,22,38H,8-15,18H2,1-3H3/t19-/m0/s1. The van der Waals surface area contributed by atoms with Gasteiger partial charge in [0.1, 0.15) is 17.4 Å². The Labute approximate surface area is 234 Å². The Kier molecular flexibility index (Phi) is 7.01. The molecular formula is C29H36N8O3. The lowest BCUT2D eigenvalue weighted by molar-refractivity contribution is -0.140. The van der Waals surface area contributed by atoms with Crippen molar-refractivity contribution in [2.24, 2.45) is 0 Å². The zero-order valence-electron chi connectivity index (χ0n) is 23.3. The molecule has 0 bridgehead atoms. The van der Waals surface area contributed by atoms with Crippen molar-refractivity contribution in [3.63, 3.8) is 0 Å². The predicted octanol–water partition coefficient (Wildman–Crippen LogP) is 2.19. The summed E-state index contributed by atoms with van der Waals surface area (Å²) < 4.78 is 0. The van der Waals surface area contributed by atoms with E-state index in [0.29, 0.717) is 38.0 Å². The average Bonchev–Trinajstić information content (AvgIpc) is 2.98. The lowest BCUT2D eigenvalue weighted by Crippen LogP contribution is -2.55. The van der Waals surface area contributed by atoms with Crippen LogP contribution in [0.25, 0.3) is 22.3 Å². The second kappa shape index (κ2) is 10.6. The third kappa shape index (κ3) is 4.84. The Morgan fingerprint density at radius 1 is 0.975 bits per heavy atom. The van der Waals surface area contributed by atoms with E-state index in [1.54, 1.807) is 16.8 Å². The zero-order chi connectivity index (χ0) is 28.0. The fraction of sp³-hybridized carbons (Fsp3) is 0.483. The van der Waals surface area contributed by atoms with E-state index in [9.17, 15) is 14.7 Å². The van der Waals surface area contributed by atoms with Crippen molar-refractivity contribution in [3.05, 3.63) is 42.2 Å². The minimum Gasteiger partial charge on any atom is -0.384 e. The number of likely N-dealkylation sites (tertiary alicyclic amines) is 1. The highest BCUT2D eigenvalue weighted by molar-refractivity contribution is 6.04. The normalized spacial score (nSPS) is 19.8. The number of piperidine rings is 1. The van der Waals surface area contributed by atoms with Crippen molar-refractivity contribution in [3.8, 4) is 11.3 Å². The molecule has 0 saturated carbocycles. The summed E-state index contributed by atoms with van der Waals surface area (Å²) in [6.45, 7) is 6.89. The van der Waals surface area contributed by atoms with Gasteiger partial charge in [0.05, 0.1) is 23.4 Å². The third-order valence-corrected chi connectivity index (χ3v) is 8.31. The number of likely N-dealkylation sites (N-methyl/N-ethyl adjacent to an activating group) is 1. The number of hydrogen-bond acceptors (Lipinski definition) is 8. The summed E-state index contributed by atoms with van der Waals surface area (Å²) in [4.78, 5) is 50.2. The molecule has 3 aliphatic rings. The molecule has 0 aliphatic carbocycles. The lowest BCUT2D eigenvalue weighted by atomic mass is 9.99. The summed E-state index contributed by atoms with van der Waals surface area (Å²) >= 11 is 0. The predicted molar refractivity (Wildman–Crippen MR) is 153 cm³/mol. The summed E-state index contributed by atoms with van der Waals surface area (Å²) in [5, 5.41) is 9.74. The summed E-state index contributed by atoms with van der Waals surface area (Å²) in [7, 11) is 3.94. The number of carbonyl (C=O) groups excluding carboxylic acids is 2. The maximum Gasteiger partial charge on any atom is 0.324 e. The molecule has 40 heavy (non-hydrogen) atoms. The maximum atomic E-state index is 13.6. The number of aromatic nitrogens is 3. The van der Waals surface area contributed by atoms with E-state index in [1.807, 2.05) is 29.4 Å². The highest BCUT2D eigenvalue weighted by atomic mass is 16.3. The van der Waals surface area contributed by atoms with Gasteiger partial charge in [0.15, 0.2) is 0 Å². The third-order valence-electron chi connectivity index (χ3n) is 8.31. The van der Waals surface area contributed by atoms with Gasteiger partial charge in [-0.05, 0) is 51.1 Å². The molecule has 0 radical (unpaired) electrons. The van der Waals surface area contributed by atoms with Crippen molar-refractivity contribution in [1.82, 2.24) is 29.7 Å². The Bertz CT molecular complexity index is 1410. The number of anilines is 2. The maximum absolute atomic E-state index is 13.6. The monoisotopic (exact) mass is 544 g/mol. The van der Waals surface area contributed by atoms with Gasteiger partial charge in [-0.2, -0.15) is 0 Å². The van der Waals surface area contributed by atoms with E-state index in [0.717, 1.165) is 60.0 Å². The fourth-order valence-corrected chi connectivity index (χ4v) is 5.95. The highest BCUT2D eigenvalue weighted by Gasteiger charge is 2.38. The number of pyridine rings is 3. The number of aliphatic hydroxyl groups excluding tert-OH is 1. The first-order chi connectivity index (χ1) is 19.3. The van der Waals surface area contributed by atoms with Crippen LogP contribution in [-0.4, -0.2) is 112 Å². The van der Waals surface area contributed by atoms with Crippen LogP contribution in [0, 0.1) is 0 Å². The lowest BCUT2D eigenvalue weighted by Gasteiger charge is -2.43. The van der Waals surface area contributed by atoms with Crippen LogP contribution in [-0.2, 0) is 11.3 Å². The molecule has 3 aliphatic heterocycles. The number of urea groups is 1. The van der Waals surface area contributed by atoms with E-state index >= 15 is 0 Å². The first-order valence-electron chi connectivity index (χ1n) is 14.0. The molecule has 2 fully saturated rings. The molecule has 11 heteroatoms. The molecule has 1 atom stereocenters. The molecule has 6 heterocycles. The molecule has 11 nitrogen and oxygen atoms in total. The molecule has 2 saturated heterocycles.